The summed E-state index contributed by atoms with van der Waals surface area (Å²) in [5, 5.41) is 30.1. The first-order chi connectivity index (χ1) is 58.8. The van der Waals surface area contributed by atoms with Gasteiger partial charge in [-0.3, -0.25) is 0 Å². The van der Waals surface area contributed by atoms with Crippen LogP contribution in [0.2, 0.25) is 0 Å². The molecule has 0 N–H and O–H groups in total. The standard InChI is InChI=1S/C60H36.C18H15NSi.C18H17NSi.C18H16Si/c1-4-19-49-43(13-1)46-16-7-10-22-52(46)58-34-37(25-28-55(49)58)40-31-41(38-26-29-56-50-20-5-2-14-44(50)47-17-8-11-23-53(47)59(56)35-38)33-42(32-40)39-27-30-57-51-21-6-3-15-45(51)48-18-9-12-24-54(48)60(57)36-39;20-14-11-9-13(10-12-14)19-17-7-3-1-5-15(17)16-6-2-4-8-18(16)19;20-18-13-11-17(12-14-18)19(15-7-3-1-4-8-15)16-9-5-2-6-10-16;19-18-12-16(14-7-3-1-4-8-14)11-17(13-18)15-9-5-2-6-10-15/h1-36H;1-12H,20H3;1-14H,20H3;1-13H,19H3. The zero-order chi connectivity index (χ0) is 79.7. The van der Waals surface area contributed by atoms with Crippen LogP contribution >= 0.6 is 0 Å². The Labute approximate surface area is 702 Å². The first kappa shape index (κ1) is 73.3. The van der Waals surface area contributed by atoms with Gasteiger partial charge in [0.1, 0.15) is 0 Å². The summed E-state index contributed by atoms with van der Waals surface area (Å²) >= 11 is 0. The Morgan fingerprint density at radius 3 is 0.672 bits per heavy atom. The summed E-state index contributed by atoms with van der Waals surface area (Å²) in [6.07, 6.45) is 0. The van der Waals surface area contributed by atoms with E-state index in [1.54, 1.807) is 0 Å². The molecule has 0 saturated heterocycles. The largest absolute Gasteiger partial charge is 0.311 e. The van der Waals surface area contributed by atoms with Gasteiger partial charge in [0.2, 0.25) is 0 Å². The van der Waals surface area contributed by atoms with E-state index in [4.69, 9.17) is 0 Å². The fourth-order valence-electron chi connectivity index (χ4n) is 18.0. The van der Waals surface area contributed by atoms with E-state index in [2.05, 4.69) is 452 Å². The van der Waals surface area contributed by atoms with Crippen LogP contribution in [0.4, 0.5) is 17.1 Å². The topological polar surface area (TPSA) is 8.17 Å². The van der Waals surface area contributed by atoms with E-state index in [0.29, 0.717) is 0 Å². The average Bonchev–Trinajstić information content (AvgIpc) is 1.74. The quantitative estimate of drug-likeness (QED) is 0.103. The van der Waals surface area contributed by atoms with Crippen molar-refractivity contribution < 1.29 is 0 Å². The lowest BCUT2D eigenvalue weighted by Crippen LogP contribution is -2.11. The van der Waals surface area contributed by atoms with Gasteiger partial charge in [0.15, 0.2) is 0 Å². The molecule has 562 valence electrons. The number of fused-ring (bicyclic) bond motifs is 21. The van der Waals surface area contributed by atoms with Gasteiger partial charge in [-0.15, -0.1) is 0 Å². The van der Waals surface area contributed by atoms with Crippen LogP contribution in [0.25, 0.3) is 180 Å². The lowest BCUT2D eigenvalue weighted by atomic mass is 9.88. The molecule has 0 spiro atoms. The molecule has 0 aliphatic heterocycles. The lowest BCUT2D eigenvalue weighted by Gasteiger charge is -2.25. The number of para-hydroxylation sites is 4. The second-order valence-corrected chi connectivity index (χ2v) is 34.7. The van der Waals surface area contributed by atoms with Gasteiger partial charge in [-0.05, 0) is 256 Å². The molecular formula is C114H84N2Si3. The number of hydrogen-bond donors (Lipinski definition) is 0. The molecule has 0 radical (unpaired) electrons. The van der Waals surface area contributed by atoms with Gasteiger partial charge in [-0.1, -0.05) is 367 Å². The maximum absolute atomic E-state index is 2.42. The van der Waals surface area contributed by atoms with Crippen molar-refractivity contribution in [3.63, 3.8) is 0 Å². The second kappa shape index (κ2) is 32.3. The van der Waals surface area contributed by atoms with E-state index in [1.807, 2.05) is 12.1 Å². The normalized spacial score (nSPS) is 11.4. The van der Waals surface area contributed by atoms with Gasteiger partial charge < -0.3 is 9.47 Å². The minimum atomic E-state index is 1.07. The number of nitrogens with zero attached hydrogens (tertiary/aromatic N) is 2. The molecule has 0 aliphatic rings. The van der Waals surface area contributed by atoms with Crippen LogP contribution in [0.3, 0.4) is 0 Å². The van der Waals surface area contributed by atoms with Crippen molar-refractivity contribution in [1.82, 2.24) is 4.57 Å². The van der Waals surface area contributed by atoms with Crippen molar-refractivity contribution in [2.45, 2.75) is 0 Å². The summed E-state index contributed by atoms with van der Waals surface area (Å²) in [5.74, 6) is 0. The molecule has 23 aromatic rings. The first-order valence-electron chi connectivity index (χ1n) is 41.2. The van der Waals surface area contributed by atoms with Gasteiger partial charge >= 0.3 is 0 Å². The Bertz CT molecular complexity index is 7060. The molecule has 0 bridgehead atoms. The van der Waals surface area contributed by atoms with Gasteiger partial charge in [0.25, 0.3) is 0 Å². The van der Waals surface area contributed by atoms with Crippen LogP contribution in [-0.4, -0.2) is 35.3 Å². The summed E-state index contributed by atoms with van der Waals surface area (Å²) in [6.45, 7) is 0. The van der Waals surface area contributed by atoms with E-state index in [0.717, 1.165) is 30.7 Å². The van der Waals surface area contributed by atoms with Crippen molar-refractivity contribution in [2.24, 2.45) is 0 Å². The highest BCUT2D eigenvalue weighted by Crippen LogP contribution is 2.45. The third-order valence-corrected chi connectivity index (χ3v) is 25.6. The molecule has 0 unspecified atom stereocenters. The Morgan fingerprint density at radius 2 is 0.370 bits per heavy atom. The van der Waals surface area contributed by atoms with Gasteiger partial charge in [-0.25, -0.2) is 0 Å². The maximum atomic E-state index is 2.42. The third-order valence-electron chi connectivity index (χ3n) is 23.7. The zero-order valence-corrected chi connectivity index (χ0v) is 72.7. The van der Waals surface area contributed by atoms with E-state index < -0.39 is 0 Å². The fourth-order valence-corrected chi connectivity index (χ4v) is 19.2. The molecule has 0 saturated carbocycles. The Balaban J connectivity index is 0.000000124. The molecule has 0 amide bonds. The van der Waals surface area contributed by atoms with Crippen molar-refractivity contribution >= 4 is 182 Å². The van der Waals surface area contributed by atoms with Crippen molar-refractivity contribution in [3.8, 4) is 61.3 Å². The molecule has 1 heterocycles. The van der Waals surface area contributed by atoms with Gasteiger partial charge in [0, 0.05) is 64.2 Å². The summed E-state index contributed by atoms with van der Waals surface area (Å²) in [5.41, 5.74) is 19.8. The smallest absolute Gasteiger partial charge is 0.0541 e. The van der Waals surface area contributed by atoms with E-state index in [1.165, 1.54) is 213 Å². The molecule has 0 atom stereocenters. The van der Waals surface area contributed by atoms with Crippen LogP contribution in [-0.2, 0) is 0 Å². The molecule has 23 rings (SSSR count). The molecule has 22 aromatic carbocycles. The lowest BCUT2D eigenvalue weighted by molar-refractivity contribution is 1.18. The first-order valence-corrected chi connectivity index (χ1v) is 44.2. The predicted octanol–water partition coefficient (Wildman–Crippen LogP) is 26.0. The number of hydrogen-bond acceptors (Lipinski definition) is 1. The van der Waals surface area contributed by atoms with Crippen LogP contribution < -0.4 is 20.5 Å². The van der Waals surface area contributed by atoms with Crippen LogP contribution in [0.15, 0.2) is 455 Å². The monoisotopic (exact) mass is 1560 g/mol. The summed E-state index contributed by atoms with van der Waals surface area (Å²) in [7, 11) is 3.26. The number of anilines is 3. The van der Waals surface area contributed by atoms with Gasteiger partial charge in [0.05, 0.1) is 11.0 Å². The molecule has 0 fully saturated rings. The van der Waals surface area contributed by atoms with E-state index >= 15 is 0 Å². The van der Waals surface area contributed by atoms with Crippen LogP contribution in [0, 0.1) is 0 Å². The average molecular weight is 1570 g/mol. The number of rotatable bonds is 9. The minimum absolute atomic E-state index is 1.07. The number of aromatic nitrogens is 1. The SMILES string of the molecule is [SiH3]c1cc(-c2ccccc2)cc(-c2ccccc2)c1.[SiH3]c1ccc(-n2c3ccccc3c3ccccc32)cc1.[SiH3]c1ccc(N(c2ccccc2)c2ccccc2)cc1.c1ccc2c(c1)c1ccccc1c1cc(-c3cc(-c4ccc5c6ccccc6c6ccccc6c5c4)cc(-c4ccc5c6ccccc6c6ccccc6c5c4)c3)ccc21. The number of benzene rings is 22. The molecule has 2 nitrogen and oxygen atoms in total. The minimum Gasteiger partial charge on any atom is -0.311 e. The highest BCUT2D eigenvalue weighted by molar-refractivity contribution is 6.34. The molecule has 0 aliphatic carbocycles. The third kappa shape index (κ3) is 14.3. The fraction of sp³-hybridized carbons (Fsp3) is 0. The maximum Gasteiger partial charge on any atom is 0.0541 e. The molecular weight excluding hydrogens is 1480 g/mol. The molecule has 1 aromatic heterocycles. The van der Waals surface area contributed by atoms with E-state index in [9.17, 15) is 0 Å². The Hall–Kier alpha value is -14.6. The van der Waals surface area contributed by atoms with Crippen molar-refractivity contribution in [1.29, 1.82) is 0 Å². The van der Waals surface area contributed by atoms with Crippen molar-refractivity contribution in [3.05, 3.63) is 455 Å². The second-order valence-electron chi connectivity index (χ2n) is 31.2. The summed E-state index contributed by atoms with van der Waals surface area (Å²) in [4.78, 5) is 2.28. The van der Waals surface area contributed by atoms with Crippen LogP contribution in [0.1, 0.15) is 0 Å². The van der Waals surface area contributed by atoms with E-state index in [-0.39, 0.29) is 0 Å². The Morgan fingerprint density at radius 1 is 0.143 bits per heavy atom. The zero-order valence-electron chi connectivity index (χ0n) is 66.7. The molecule has 5 heteroatoms. The highest BCUT2D eigenvalue weighted by atomic mass is 28.2. The van der Waals surface area contributed by atoms with Crippen molar-refractivity contribution in [2.75, 3.05) is 4.90 Å². The van der Waals surface area contributed by atoms with Gasteiger partial charge in [-0.2, -0.15) is 0 Å². The summed E-state index contributed by atoms with van der Waals surface area (Å²) in [6, 6.07) is 166. The summed E-state index contributed by atoms with van der Waals surface area (Å²) < 4.78 is 2.35. The molecule has 119 heavy (non-hydrogen) atoms. The highest BCUT2D eigenvalue weighted by Gasteiger charge is 2.19. The predicted molar refractivity (Wildman–Crippen MR) is 528 cm³/mol. The Kier molecular flexibility index (Phi) is 19.9. The van der Waals surface area contributed by atoms with Crippen LogP contribution in [0.5, 0.6) is 0 Å².